The second-order valence-electron chi connectivity index (χ2n) is 6.35. The molecule has 0 aliphatic carbocycles. The Kier molecular flexibility index (Phi) is 7.05. The third-order valence-electron chi connectivity index (χ3n) is 2.47. The van der Waals surface area contributed by atoms with Gasteiger partial charge in [0.05, 0.1) is 6.04 Å². The first-order valence-corrected chi connectivity index (χ1v) is 6.71. The van der Waals surface area contributed by atoms with Gasteiger partial charge < -0.3 is 15.0 Å². The molecule has 1 unspecified atom stereocenters. The van der Waals surface area contributed by atoms with Crippen LogP contribution in [0.25, 0.3) is 0 Å². The Morgan fingerprint density at radius 2 is 1.74 bits per heavy atom. The highest BCUT2D eigenvalue weighted by atomic mass is 16.6. The zero-order valence-corrected chi connectivity index (χ0v) is 13.2. The lowest BCUT2D eigenvalue weighted by molar-refractivity contribution is -0.124. The van der Waals surface area contributed by atoms with E-state index in [2.05, 4.69) is 5.32 Å². The predicted molar refractivity (Wildman–Crippen MR) is 76.2 cm³/mol. The molecule has 5 heteroatoms. The Balaban J connectivity index is 4.58. The quantitative estimate of drug-likeness (QED) is 0.804. The number of ketones is 1. The first-order chi connectivity index (χ1) is 8.53. The molecule has 0 saturated carbocycles. The smallest absolute Gasteiger partial charge is 0.408 e. The molecule has 0 saturated heterocycles. The number of Topliss-reactive ketones (excluding diaryl/α,β-unsaturated/α-hetero) is 1. The van der Waals surface area contributed by atoms with Crippen molar-refractivity contribution in [2.24, 2.45) is 5.92 Å². The number of amides is 1. The lowest BCUT2D eigenvalue weighted by atomic mass is 9.99. The summed E-state index contributed by atoms with van der Waals surface area (Å²) in [5.41, 5.74) is -0.558. The van der Waals surface area contributed by atoms with Crippen LogP contribution in [0, 0.1) is 5.92 Å². The van der Waals surface area contributed by atoms with Crippen LogP contribution in [0.1, 0.15) is 41.0 Å². The summed E-state index contributed by atoms with van der Waals surface area (Å²) in [4.78, 5) is 25.8. The van der Waals surface area contributed by atoms with Crippen molar-refractivity contribution in [3.63, 3.8) is 0 Å². The zero-order valence-electron chi connectivity index (χ0n) is 13.2. The van der Waals surface area contributed by atoms with Crippen molar-refractivity contribution >= 4 is 11.9 Å². The second-order valence-corrected chi connectivity index (χ2v) is 6.35. The Bertz CT molecular complexity index is 306. The summed E-state index contributed by atoms with van der Waals surface area (Å²) in [6.07, 6.45) is 0.0498. The van der Waals surface area contributed by atoms with Gasteiger partial charge in [-0.05, 0) is 47.8 Å². The van der Waals surface area contributed by atoms with Crippen molar-refractivity contribution in [1.82, 2.24) is 10.2 Å². The molecule has 1 amide bonds. The van der Waals surface area contributed by atoms with Gasteiger partial charge in [-0.15, -0.1) is 0 Å². The van der Waals surface area contributed by atoms with E-state index in [0.29, 0.717) is 6.42 Å². The predicted octanol–water partition coefficient (Wildman–Crippen LogP) is 2.06. The molecule has 0 fully saturated rings. The van der Waals surface area contributed by atoms with Gasteiger partial charge in [-0.3, -0.25) is 4.79 Å². The number of hydrogen-bond acceptors (Lipinski definition) is 4. The number of ether oxygens (including phenoxy) is 1. The highest BCUT2D eigenvalue weighted by Crippen LogP contribution is 2.09. The minimum absolute atomic E-state index is 0.0349. The van der Waals surface area contributed by atoms with Gasteiger partial charge in [0.25, 0.3) is 0 Å². The van der Waals surface area contributed by atoms with Crippen molar-refractivity contribution in [1.29, 1.82) is 0 Å². The fraction of sp³-hybridized carbons (Fsp3) is 0.857. The maximum Gasteiger partial charge on any atom is 0.408 e. The number of nitrogens with zero attached hydrogens (tertiary/aromatic N) is 1. The molecule has 0 aromatic heterocycles. The number of hydrogen-bond donors (Lipinski definition) is 1. The van der Waals surface area contributed by atoms with Crippen molar-refractivity contribution in [3.05, 3.63) is 0 Å². The summed E-state index contributed by atoms with van der Waals surface area (Å²) in [6.45, 7) is 9.80. The van der Waals surface area contributed by atoms with E-state index in [4.69, 9.17) is 4.74 Å². The number of alkyl carbamates (subject to hydrolysis) is 1. The third-order valence-corrected chi connectivity index (χ3v) is 2.47. The van der Waals surface area contributed by atoms with Gasteiger partial charge in [-0.25, -0.2) is 4.79 Å². The van der Waals surface area contributed by atoms with Crippen LogP contribution in [-0.4, -0.2) is 49.1 Å². The van der Waals surface area contributed by atoms with Crippen molar-refractivity contribution in [2.45, 2.75) is 52.7 Å². The first-order valence-electron chi connectivity index (χ1n) is 6.71. The van der Waals surface area contributed by atoms with Crippen LogP contribution in [0.4, 0.5) is 4.79 Å². The molecule has 0 rings (SSSR count). The maximum absolute atomic E-state index is 12.1. The van der Waals surface area contributed by atoms with Crippen LogP contribution in [-0.2, 0) is 9.53 Å². The first kappa shape index (κ1) is 17.9. The van der Waals surface area contributed by atoms with E-state index in [1.54, 1.807) is 20.8 Å². The molecule has 5 nitrogen and oxygen atoms in total. The Morgan fingerprint density at radius 1 is 1.21 bits per heavy atom. The summed E-state index contributed by atoms with van der Waals surface area (Å²) in [5, 5.41) is 2.67. The van der Waals surface area contributed by atoms with Crippen molar-refractivity contribution in [2.75, 3.05) is 20.6 Å². The number of rotatable bonds is 6. The molecular formula is C14H28N2O3. The maximum atomic E-state index is 12.1. The Morgan fingerprint density at radius 3 is 2.11 bits per heavy atom. The highest BCUT2D eigenvalue weighted by molar-refractivity contribution is 5.88. The van der Waals surface area contributed by atoms with E-state index in [-0.39, 0.29) is 11.7 Å². The van der Waals surface area contributed by atoms with Crippen LogP contribution in [0.15, 0.2) is 0 Å². The lowest BCUT2D eigenvalue weighted by Crippen LogP contribution is -2.46. The normalized spacial score (nSPS) is 13.5. The molecule has 0 aliphatic heterocycles. The highest BCUT2D eigenvalue weighted by Gasteiger charge is 2.25. The van der Waals surface area contributed by atoms with Crippen LogP contribution >= 0.6 is 0 Å². The summed E-state index contributed by atoms with van der Waals surface area (Å²) in [7, 11) is 3.87. The molecule has 0 aliphatic rings. The fourth-order valence-electron chi connectivity index (χ4n) is 1.53. The molecule has 0 bridgehead atoms. The van der Waals surface area contributed by atoms with Crippen molar-refractivity contribution in [3.8, 4) is 0 Å². The summed E-state index contributed by atoms with van der Waals surface area (Å²) < 4.78 is 5.19. The average Bonchev–Trinajstić information content (AvgIpc) is 2.20. The molecule has 0 aromatic rings. The minimum atomic E-state index is -0.558. The van der Waals surface area contributed by atoms with Gasteiger partial charge in [0, 0.05) is 5.92 Å². The molecule has 19 heavy (non-hydrogen) atoms. The van der Waals surface area contributed by atoms with E-state index >= 15 is 0 Å². The van der Waals surface area contributed by atoms with E-state index in [1.165, 1.54) is 0 Å². The van der Waals surface area contributed by atoms with Gasteiger partial charge in [0.15, 0.2) is 5.78 Å². The van der Waals surface area contributed by atoms with Gasteiger partial charge >= 0.3 is 6.09 Å². The molecule has 1 N–H and O–H groups in total. The molecule has 0 spiro atoms. The number of carbonyl (C=O) groups excluding carboxylic acids is 2. The summed E-state index contributed by atoms with van der Waals surface area (Å²) >= 11 is 0. The Labute approximate surface area is 116 Å². The largest absolute Gasteiger partial charge is 0.444 e. The number of nitrogens with one attached hydrogen (secondary N) is 1. The Hall–Kier alpha value is -1.10. The van der Waals surface area contributed by atoms with E-state index in [0.717, 1.165) is 6.54 Å². The van der Waals surface area contributed by atoms with Gasteiger partial charge in [0.2, 0.25) is 0 Å². The standard InChI is InChI=1S/C14H28N2O3/c1-10(2)12(17)11(8-9-16(6)7)15-13(18)19-14(3,4)5/h10-11H,8-9H2,1-7H3,(H,15,18). The molecule has 0 heterocycles. The monoisotopic (exact) mass is 272 g/mol. The van der Waals surface area contributed by atoms with E-state index < -0.39 is 17.7 Å². The SMILES string of the molecule is CC(C)C(=O)C(CCN(C)C)NC(=O)OC(C)(C)C. The number of carbonyl (C=O) groups is 2. The van der Waals surface area contributed by atoms with Gasteiger partial charge in [-0.1, -0.05) is 13.8 Å². The molecular weight excluding hydrogens is 244 g/mol. The summed E-state index contributed by atoms with van der Waals surface area (Å²) in [5.74, 6) is -0.0743. The fourth-order valence-corrected chi connectivity index (χ4v) is 1.53. The van der Waals surface area contributed by atoms with Crippen LogP contribution in [0.3, 0.4) is 0 Å². The molecule has 0 aromatic carbocycles. The average molecular weight is 272 g/mol. The lowest BCUT2D eigenvalue weighted by Gasteiger charge is -2.24. The summed E-state index contributed by atoms with van der Waals surface area (Å²) in [6, 6.07) is -0.489. The van der Waals surface area contributed by atoms with E-state index in [1.807, 2.05) is 32.8 Å². The van der Waals surface area contributed by atoms with Crippen LogP contribution < -0.4 is 5.32 Å². The molecule has 112 valence electrons. The molecule has 0 radical (unpaired) electrons. The van der Waals surface area contributed by atoms with Crippen LogP contribution in [0.2, 0.25) is 0 Å². The van der Waals surface area contributed by atoms with Gasteiger partial charge in [-0.2, -0.15) is 0 Å². The van der Waals surface area contributed by atoms with E-state index in [9.17, 15) is 9.59 Å². The zero-order chi connectivity index (χ0) is 15.2. The third kappa shape index (κ3) is 8.59. The second kappa shape index (κ2) is 7.48. The van der Waals surface area contributed by atoms with Crippen molar-refractivity contribution < 1.29 is 14.3 Å². The minimum Gasteiger partial charge on any atom is -0.444 e. The van der Waals surface area contributed by atoms with Gasteiger partial charge in [0.1, 0.15) is 5.60 Å². The molecule has 1 atom stereocenters. The van der Waals surface area contributed by atoms with Crippen LogP contribution in [0.5, 0.6) is 0 Å². The topological polar surface area (TPSA) is 58.6 Å².